The number of thioether (sulfide) groups is 1. The van der Waals surface area contributed by atoms with Gasteiger partial charge in [0, 0.05) is 5.69 Å². The standard InChI is InChI=1S/C14H15N3O2S/c1-19-12-5-3-11(4-6-12)17-13(18)9-20-14-7-2-10(15)8-16-14/h2-8H,9,15H2,1H3,(H,17,18). The molecular formula is C14H15N3O2S. The predicted molar refractivity (Wildman–Crippen MR) is 81.0 cm³/mol. The molecule has 20 heavy (non-hydrogen) atoms. The van der Waals surface area contributed by atoms with E-state index in [2.05, 4.69) is 10.3 Å². The lowest BCUT2D eigenvalue weighted by Gasteiger charge is -2.06. The second kappa shape index (κ2) is 6.81. The van der Waals surface area contributed by atoms with Gasteiger partial charge in [0.1, 0.15) is 5.75 Å². The highest BCUT2D eigenvalue weighted by Crippen LogP contribution is 2.18. The maximum Gasteiger partial charge on any atom is 0.234 e. The van der Waals surface area contributed by atoms with Crippen molar-refractivity contribution in [1.82, 2.24) is 4.98 Å². The van der Waals surface area contributed by atoms with Gasteiger partial charge in [-0.25, -0.2) is 4.98 Å². The lowest BCUT2D eigenvalue weighted by molar-refractivity contribution is -0.113. The van der Waals surface area contributed by atoms with Crippen LogP contribution in [0.5, 0.6) is 5.75 Å². The Labute approximate surface area is 121 Å². The van der Waals surface area contributed by atoms with Crippen LogP contribution in [0.2, 0.25) is 0 Å². The number of amides is 1. The van der Waals surface area contributed by atoms with E-state index in [-0.39, 0.29) is 5.91 Å². The Morgan fingerprint density at radius 2 is 2.05 bits per heavy atom. The Bertz CT molecular complexity index is 570. The number of hydrogen-bond acceptors (Lipinski definition) is 5. The van der Waals surface area contributed by atoms with E-state index in [1.807, 2.05) is 0 Å². The van der Waals surface area contributed by atoms with Crippen LogP contribution in [0.15, 0.2) is 47.6 Å². The molecule has 0 aliphatic rings. The molecule has 0 aliphatic carbocycles. The minimum atomic E-state index is -0.0845. The highest BCUT2D eigenvalue weighted by Gasteiger charge is 2.04. The third-order valence-electron chi connectivity index (χ3n) is 2.48. The smallest absolute Gasteiger partial charge is 0.234 e. The molecule has 5 nitrogen and oxygen atoms in total. The number of methoxy groups -OCH3 is 1. The molecule has 0 atom stereocenters. The van der Waals surface area contributed by atoms with Crippen molar-refractivity contribution in [2.45, 2.75) is 5.03 Å². The molecule has 0 saturated carbocycles. The summed E-state index contributed by atoms with van der Waals surface area (Å²) >= 11 is 1.36. The molecule has 0 spiro atoms. The summed E-state index contributed by atoms with van der Waals surface area (Å²) in [5, 5.41) is 3.57. The van der Waals surface area contributed by atoms with E-state index >= 15 is 0 Å². The monoisotopic (exact) mass is 289 g/mol. The number of rotatable bonds is 5. The molecule has 1 aromatic carbocycles. The average molecular weight is 289 g/mol. The number of anilines is 2. The first-order valence-corrected chi connectivity index (χ1v) is 6.94. The molecule has 0 radical (unpaired) electrons. The summed E-state index contributed by atoms with van der Waals surface area (Å²) < 4.78 is 5.05. The van der Waals surface area contributed by atoms with Gasteiger partial charge in [-0.05, 0) is 36.4 Å². The normalized spacial score (nSPS) is 10.1. The largest absolute Gasteiger partial charge is 0.497 e. The fraction of sp³-hybridized carbons (Fsp3) is 0.143. The van der Waals surface area contributed by atoms with Gasteiger partial charge in [0.2, 0.25) is 5.91 Å². The van der Waals surface area contributed by atoms with Crippen LogP contribution >= 0.6 is 11.8 Å². The Morgan fingerprint density at radius 1 is 1.30 bits per heavy atom. The molecule has 0 unspecified atom stereocenters. The van der Waals surface area contributed by atoms with Crippen molar-refractivity contribution in [2.75, 3.05) is 23.9 Å². The number of nitrogens with one attached hydrogen (secondary N) is 1. The molecular weight excluding hydrogens is 274 g/mol. The van der Waals surface area contributed by atoms with Crippen LogP contribution in [0.3, 0.4) is 0 Å². The number of nitrogens with two attached hydrogens (primary N) is 1. The van der Waals surface area contributed by atoms with Crippen molar-refractivity contribution >= 4 is 29.0 Å². The zero-order valence-electron chi connectivity index (χ0n) is 11.0. The molecule has 2 aromatic rings. The minimum Gasteiger partial charge on any atom is -0.497 e. The molecule has 2 rings (SSSR count). The summed E-state index contributed by atoms with van der Waals surface area (Å²) in [6.07, 6.45) is 1.57. The van der Waals surface area contributed by atoms with Gasteiger partial charge in [-0.1, -0.05) is 11.8 Å². The van der Waals surface area contributed by atoms with E-state index < -0.39 is 0 Å². The predicted octanol–water partition coefficient (Wildman–Crippen LogP) is 2.40. The SMILES string of the molecule is COc1ccc(NC(=O)CSc2ccc(N)cn2)cc1. The number of aromatic nitrogens is 1. The van der Waals surface area contributed by atoms with Crippen molar-refractivity contribution in [1.29, 1.82) is 0 Å². The summed E-state index contributed by atoms with van der Waals surface area (Å²) in [5.74, 6) is 0.963. The summed E-state index contributed by atoms with van der Waals surface area (Å²) in [4.78, 5) is 15.9. The second-order valence-electron chi connectivity index (χ2n) is 4.00. The Balaban J connectivity index is 1.84. The maximum atomic E-state index is 11.8. The molecule has 1 heterocycles. The number of benzene rings is 1. The van der Waals surface area contributed by atoms with Crippen molar-refractivity contribution in [2.24, 2.45) is 0 Å². The van der Waals surface area contributed by atoms with Crippen molar-refractivity contribution in [3.8, 4) is 5.75 Å². The van der Waals surface area contributed by atoms with E-state index in [4.69, 9.17) is 10.5 Å². The lowest BCUT2D eigenvalue weighted by atomic mass is 10.3. The fourth-order valence-corrected chi connectivity index (χ4v) is 2.13. The number of hydrogen-bond donors (Lipinski definition) is 2. The number of ether oxygens (including phenoxy) is 1. The van der Waals surface area contributed by atoms with Crippen LogP contribution in [-0.4, -0.2) is 23.8 Å². The van der Waals surface area contributed by atoms with Gasteiger partial charge in [-0.15, -0.1) is 0 Å². The van der Waals surface area contributed by atoms with Crippen LogP contribution in [0.4, 0.5) is 11.4 Å². The third kappa shape index (κ3) is 4.17. The average Bonchev–Trinajstić information content (AvgIpc) is 2.47. The van der Waals surface area contributed by atoms with E-state index in [0.29, 0.717) is 11.4 Å². The van der Waals surface area contributed by atoms with Gasteiger partial charge < -0.3 is 15.8 Å². The number of nitrogen functional groups attached to an aromatic ring is 1. The van der Waals surface area contributed by atoms with Crippen LogP contribution < -0.4 is 15.8 Å². The molecule has 0 bridgehead atoms. The number of pyridine rings is 1. The van der Waals surface area contributed by atoms with E-state index in [9.17, 15) is 4.79 Å². The second-order valence-corrected chi connectivity index (χ2v) is 4.99. The first kappa shape index (κ1) is 14.2. The molecule has 1 aromatic heterocycles. The van der Waals surface area contributed by atoms with Gasteiger partial charge in [0.05, 0.1) is 29.8 Å². The minimum absolute atomic E-state index is 0.0845. The van der Waals surface area contributed by atoms with Crippen molar-refractivity contribution in [3.05, 3.63) is 42.6 Å². The Morgan fingerprint density at radius 3 is 2.65 bits per heavy atom. The van der Waals surface area contributed by atoms with Crippen molar-refractivity contribution < 1.29 is 9.53 Å². The zero-order chi connectivity index (χ0) is 14.4. The highest BCUT2D eigenvalue weighted by molar-refractivity contribution is 7.99. The molecule has 104 valence electrons. The number of carbonyl (C=O) groups is 1. The maximum absolute atomic E-state index is 11.8. The van der Waals surface area contributed by atoms with E-state index in [0.717, 1.165) is 16.5 Å². The quantitative estimate of drug-likeness (QED) is 0.826. The number of carbonyl (C=O) groups excluding carboxylic acids is 1. The van der Waals surface area contributed by atoms with Gasteiger partial charge in [-0.2, -0.15) is 0 Å². The van der Waals surface area contributed by atoms with Crippen LogP contribution in [-0.2, 0) is 4.79 Å². The lowest BCUT2D eigenvalue weighted by Crippen LogP contribution is -2.13. The molecule has 3 N–H and O–H groups in total. The summed E-state index contributed by atoms with van der Waals surface area (Å²) in [6, 6.07) is 10.7. The first-order valence-electron chi connectivity index (χ1n) is 5.95. The van der Waals surface area contributed by atoms with Gasteiger partial charge in [0.15, 0.2) is 0 Å². The third-order valence-corrected chi connectivity index (χ3v) is 3.43. The van der Waals surface area contributed by atoms with Crippen LogP contribution in [0, 0.1) is 0 Å². The zero-order valence-corrected chi connectivity index (χ0v) is 11.8. The molecule has 6 heteroatoms. The van der Waals surface area contributed by atoms with Gasteiger partial charge in [0.25, 0.3) is 0 Å². The van der Waals surface area contributed by atoms with E-state index in [1.54, 1.807) is 49.7 Å². The summed E-state index contributed by atoms with van der Waals surface area (Å²) in [5.41, 5.74) is 6.89. The number of nitrogens with zero attached hydrogens (tertiary/aromatic N) is 1. The van der Waals surface area contributed by atoms with Gasteiger partial charge in [-0.3, -0.25) is 4.79 Å². The van der Waals surface area contributed by atoms with Crippen molar-refractivity contribution in [3.63, 3.8) is 0 Å². The summed E-state index contributed by atoms with van der Waals surface area (Å²) in [6.45, 7) is 0. The topological polar surface area (TPSA) is 77.2 Å². The van der Waals surface area contributed by atoms with E-state index in [1.165, 1.54) is 11.8 Å². The first-order chi connectivity index (χ1) is 9.67. The molecule has 0 saturated heterocycles. The van der Waals surface area contributed by atoms with Crippen LogP contribution in [0.1, 0.15) is 0 Å². The Kier molecular flexibility index (Phi) is 4.84. The molecule has 0 aliphatic heterocycles. The fourth-order valence-electron chi connectivity index (χ4n) is 1.49. The molecule has 1 amide bonds. The summed E-state index contributed by atoms with van der Waals surface area (Å²) in [7, 11) is 1.60. The highest BCUT2D eigenvalue weighted by atomic mass is 32.2. The molecule has 0 fully saturated rings. The van der Waals surface area contributed by atoms with Crippen LogP contribution in [0.25, 0.3) is 0 Å². The Hall–Kier alpha value is -2.21. The van der Waals surface area contributed by atoms with Gasteiger partial charge >= 0.3 is 0 Å².